The zero-order valence-electron chi connectivity index (χ0n) is 17.0. The van der Waals surface area contributed by atoms with Crippen LogP contribution in [0, 0.1) is 0 Å². The molecule has 0 radical (unpaired) electrons. The Morgan fingerprint density at radius 3 is 2.93 bits per heavy atom. The van der Waals surface area contributed by atoms with Crippen LogP contribution in [-0.2, 0) is 6.42 Å². The summed E-state index contributed by atoms with van der Waals surface area (Å²) in [6, 6.07) is 17.3. The molecule has 3 heteroatoms. The van der Waals surface area contributed by atoms with E-state index in [0.29, 0.717) is 5.92 Å². The van der Waals surface area contributed by atoms with Crippen LogP contribution < -0.4 is 4.74 Å². The summed E-state index contributed by atoms with van der Waals surface area (Å²) < 4.78 is 5.41. The number of likely N-dealkylation sites (tertiary alicyclic amines) is 1. The molecule has 1 fully saturated rings. The third kappa shape index (κ3) is 4.59. The van der Waals surface area contributed by atoms with E-state index in [2.05, 4.69) is 58.5 Å². The molecule has 1 atom stereocenters. The molecule has 0 spiro atoms. The van der Waals surface area contributed by atoms with Crippen molar-refractivity contribution in [3.8, 4) is 5.75 Å². The number of piperidine rings is 1. The summed E-state index contributed by atoms with van der Waals surface area (Å²) in [6.07, 6.45) is 9.84. The van der Waals surface area contributed by atoms with E-state index in [9.17, 15) is 0 Å². The van der Waals surface area contributed by atoms with Gasteiger partial charge in [-0.2, -0.15) is 0 Å². The number of methoxy groups -OCH3 is 1. The fourth-order valence-corrected chi connectivity index (χ4v) is 4.59. The first-order valence-corrected chi connectivity index (χ1v) is 10.7. The molecule has 1 unspecified atom stereocenters. The van der Waals surface area contributed by atoms with E-state index in [1.807, 2.05) is 6.07 Å². The van der Waals surface area contributed by atoms with Crippen LogP contribution >= 0.6 is 0 Å². The molecule has 0 amide bonds. The van der Waals surface area contributed by atoms with Crippen molar-refractivity contribution in [3.05, 3.63) is 65.9 Å². The fraction of sp³-hybridized carbons (Fsp3) is 0.440. The van der Waals surface area contributed by atoms with Crippen LogP contribution in [0.25, 0.3) is 10.9 Å². The van der Waals surface area contributed by atoms with Gasteiger partial charge in [0.25, 0.3) is 0 Å². The second-order valence-electron chi connectivity index (χ2n) is 8.09. The van der Waals surface area contributed by atoms with E-state index in [1.54, 1.807) is 7.11 Å². The van der Waals surface area contributed by atoms with Gasteiger partial charge in [-0.1, -0.05) is 36.8 Å². The topological polar surface area (TPSA) is 28.3 Å². The summed E-state index contributed by atoms with van der Waals surface area (Å²) in [7, 11) is 1.75. The van der Waals surface area contributed by atoms with Crippen LogP contribution in [0.5, 0.6) is 5.75 Å². The van der Waals surface area contributed by atoms with Gasteiger partial charge in [-0.15, -0.1) is 0 Å². The number of rotatable bonds is 8. The lowest BCUT2D eigenvalue weighted by atomic mass is 9.90. The van der Waals surface area contributed by atoms with E-state index in [4.69, 9.17) is 4.74 Å². The van der Waals surface area contributed by atoms with Crippen LogP contribution in [0.1, 0.15) is 49.1 Å². The Kier molecular flexibility index (Phi) is 6.33. The molecule has 1 aliphatic rings. The van der Waals surface area contributed by atoms with Gasteiger partial charge in [-0.05, 0) is 80.4 Å². The Morgan fingerprint density at radius 1 is 1.07 bits per heavy atom. The maximum atomic E-state index is 5.41. The van der Waals surface area contributed by atoms with Crippen molar-refractivity contribution < 1.29 is 4.74 Å². The van der Waals surface area contributed by atoms with Crippen molar-refractivity contribution in [2.75, 3.05) is 26.7 Å². The molecule has 3 nitrogen and oxygen atoms in total. The number of nitrogens with zero attached hydrogens (tertiary/aromatic N) is 1. The molecule has 28 heavy (non-hydrogen) atoms. The highest BCUT2D eigenvalue weighted by Crippen LogP contribution is 2.29. The highest BCUT2D eigenvalue weighted by atomic mass is 16.5. The Labute approximate surface area is 168 Å². The van der Waals surface area contributed by atoms with Crippen LogP contribution in [-0.4, -0.2) is 36.6 Å². The number of aromatic nitrogens is 1. The minimum atomic E-state index is 0.648. The summed E-state index contributed by atoms with van der Waals surface area (Å²) in [6.45, 7) is 3.67. The predicted molar refractivity (Wildman–Crippen MR) is 117 cm³/mol. The number of nitrogens with one attached hydrogen (secondary N) is 1. The lowest BCUT2D eigenvalue weighted by Gasteiger charge is -2.33. The summed E-state index contributed by atoms with van der Waals surface area (Å²) in [5, 5.41) is 1.39. The first kappa shape index (κ1) is 19.1. The molecule has 1 aromatic heterocycles. The molecule has 4 rings (SSSR count). The van der Waals surface area contributed by atoms with Gasteiger partial charge in [0.15, 0.2) is 0 Å². The van der Waals surface area contributed by atoms with E-state index >= 15 is 0 Å². The van der Waals surface area contributed by atoms with Crippen LogP contribution in [0.3, 0.4) is 0 Å². The number of aromatic amines is 1. The summed E-state index contributed by atoms with van der Waals surface area (Å²) >= 11 is 0. The van der Waals surface area contributed by atoms with E-state index in [-0.39, 0.29) is 0 Å². The molecule has 3 aromatic rings. The minimum Gasteiger partial charge on any atom is -0.497 e. The molecule has 148 valence electrons. The van der Waals surface area contributed by atoms with Gasteiger partial charge < -0.3 is 14.6 Å². The first-order chi connectivity index (χ1) is 13.8. The minimum absolute atomic E-state index is 0.648. The molecule has 1 N–H and O–H groups in total. The maximum absolute atomic E-state index is 5.41. The molecule has 2 aromatic carbocycles. The van der Waals surface area contributed by atoms with E-state index in [1.165, 1.54) is 80.2 Å². The lowest BCUT2D eigenvalue weighted by molar-refractivity contribution is 0.204. The van der Waals surface area contributed by atoms with Gasteiger partial charge in [0.2, 0.25) is 0 Å². The molecule has 1 saturated heterocycles. The van der Waals surface area contributed by atoms with Crippen molar-refractivity contribution >= 4 is 10.9 Å². The molecular formula is C25H32N2O. The standard InChI is InChI=1S/C25H32N2O/c1-28-23-12-7-10-20(17-23)22-11-8-16-27(19-22)15-6-2-3-9-21-18-26-25-14-5-4-13-24(21)25/h4-5,7,10,12-14,17-18,22,26H,2-3,6,8-9,11,15-16,19H2,1H3. The average Bonchev–Trinajstić information content (AvgIpc) is 3.17. The molecule has 0 aliphatic carbocycles. The van der Waals surface area contributed by atoms with Gasteiger partial charge in [0, 0.05) is 23.6 Å². The van der Waals surface area contributed by atoms with Crippen LogP contribution in [0.4, 0.5) is 0 Å². The highest BCUT2D eigenvalue weighted by Gasteiger charge is 2.21. The second kappa shape index (κ2) is 9.29. The van der Waals surface area contributed by atoms with Crippen molar-refractivity contribution in [2.45, 2.75) is 44.4 Å². The fourth-order valence-electron chi connectivity index (χ4n) is 4.59. The lowest BCUT2D eigenvalue weighted by Crippen LogP contribution is -2.35. The van der Waals surface area contributed by atoms with E-state index < -0.39 is 0 Å². The Hall–Kier alpha value is -2.26. The maximum Gasteiger partial charge on any atom is 0.119 e. The quantitative estimate of drug-likeness (QED) is 0.506. The average molecular weight is 377 g/mol. The van der Waals surface area contributed by atoms with Gasteiger partial charge in [-0.3, -0.25) is 0 Å². The summed E-state index contributed by atoms with van der Waals surface area (Å²) in [5.41, 5.74) is 4.16. The third-order valence-electron chi connectivity index (χ3n) is 6.17. The zero-order chi connectivity index (χ0) is 19.2. The third-order valence-corrected chi connectivity index (χ3v) is 6.17. The highest BCUT2D eigenvalue weighted by molar-refractivity contribution is 5.82. The molecular weight excluding hydrogens is 344 g/mol. The molecule has 1 aliphatic heterocycles. The molecule has 2 heterocycles. The van der Waals surface area contributed by atoms with E-state index in [0.717, 1.165) is 5.75 Å². The summed E-state index contributed by atoms with van der Waals surface area (Å²) in [4.78, 5) is 6.06. The van der Waals surface area contributed by atoms with Crippen molar-refractivity contribution in [3.63, 3.8) is 0 Å². The van der Waals surface area contributed by atoms with Crippen LogP contribution in [0.2, 0.25) is 0 Å². The van der Waals surface area contributed by atoms with Gasteiger partial charge in [0.05, 0.1) is 7.11 Å². The number of para-hydroxylation sites is 1. The second-order valence-corrected chi connectivity index (χ2v) is 8.09. The van der Waals surface area contributed by atoms with Crippen molar-refractivity contribution in [1.82, 2.24) is 9.88 Å². The number of hydrogen-bond donors (Lipinski definition) is 1. The van der Waals surface area contributed by atoms with Gasteiger partial charge in [-0.25, -0.2) is 0 Å². The zero-order valence-corrected chi connectivity index (χ0v) is 17.0. The number of ether oxygens (including phenoxy) is 1. The van der Waals surface area contributed by atoms with Gasteiger partial charge in [0.1, 0.15) is 5.75 Å². The molecule has 0 saturated carbocycles. The number of H-pyrrole nitrogens is 1. The normalized spacial score (nSPS) is 17.8. The Bertz CT molecular complexity index is 885. The first-order valence-electron chi connectivity index (χ1n) is 10.7. The molecule has 0 bridgehead atoms. The smallest absolute Gasteiger partial charge is 0.119 e. The van der Waals surface area contributed by atoms with Crippen molar-refractivity contribution in [2.24, 2.45) is 0 Å². The Morgan fingerprint density at radius 2 is 2.00 bits per heavy atom. The number of hydrogen-bond acceptors (Lipinski definition) is 2. The SMILES string of the molecule is COc1cccc(C2CCCN(CCCCCc3c[nH]c4ccccc34)C2)c1. The predicted octanol–water partition coefficient (Wildman–Crippen LogP) is 5.77. The number of unbranched alkanes of at least 4 members (excludes halogenated alkanes) is 2. The number of aryl methyl sites for hydroxylation is 1. The van der Waals surface area contributed by atoms with Crippen LogP contribution in [0.15, 0.2) is 54.7 Å². The monoisotopic (exact) mass is 376 g/mol. The Balaban J connectivity index is 1.21. The number of benzene rings is 2. The largest absolute Gasteiger partial charge is 0.497 e. The van der Waals surface area contributed by atoms with Gasteiger partial charge >= 0.3 is 0 Å². The number of fused-ring (bicyclic) bond motifs is 1. The summed E-state index contributed by atoms with van der Waals surface area (Å²) in [5.74, 6) is 1.63. The van der Waals surface area contributed by atoms with Crippen molar-refractivity contribution in [1.29, 1.82) is 0 Å².